The van der Waals surface area contributed by atoms with Crippen molar-refractivity contribution < 1.29 is 17.9 Å². The topological polar surface area (TPSA) is 12.5 Å². The number of halogens is 3. The average Bonchev–Trinajstić information content (AvgIpc) is 2.70. The van der Waals surface area contributed by atoms with Crippen LogP contribution in [0.4, 0.5) is 13.2 Å². The van der Waals surface area contributed by atoms with Crippen molar-refractivity contribution in [1.82, 2.24) is 4.90 Å². The van der Waals surface area contributed by atoms with Crippen molar-refractivity contribution in [3.63, 3.8) is 0 Å². The maximum atomic E-state index is 12.9. The second-order valence-corrected chi connectivity index (χ2v) is 7.92. The number of ether oxygens (including phenoxy) is 1. The van der Waals surface area contributed by atoms with Gasteiger partial charge in [-0.3, -0.25) is 0 Å². The molecule has 150 valence electrons. The molecule has 2 unspecified atom stereocenters. The van der Waals surface area contributed by atoms with Gasteiger partial charge in [0.15, 0.2) is 0 Å². The number of hydrogen-bond acceptors (Lipinski definition) is 2. The van der Waals surface area contributed by atoms with Gasteiger partial charge < -0.3 is 9.64 Å². The molecule has 4 rings (SSSR count). The van der Waals surface area contributed by atoms with E-state index in [2.05, 4.69) is 17.0 Å². The molecule has 0 radical (unpaired) electrons. The lowest BCUT2D eigenvalue weighted by molar-refractivity contribution is -0.137. The molecule has 1 aliphatic heterocycles. The van der Waals surface area contributed by atoms with Crippen LogP contribution in [0.15, 0.2) is 48.5 Å². The number of nitrogens with zero attached hydrogens (tertiary/aromatic N) is 1. The second kappa shape index (κ2) is 8.16. The molecule has 28 heavy (non-hydrogen) atoms. The molecule has 1 aliphatic carbocycles. The first-order valence-electron chi connectivity index (χ1n) is 10.1. The Morgan fingerprint density at radius 2 is 1.64 bits per heavy atom. The van der Waals surface area contributed by atoms with E-state index < -0.39 is 11.7 Å². The standard InChI is InChI=1S/C23H26F3NO/c24-23(25,26)19-10-12-20(13-11-19)28-22-18(16-27-14-4-1-5-15-27)9-8-17-6-2-3-7-21(17)22/h2-3,6-7,10-13,18,22H,1,4-5,8-9,14-16H2. The quantitative estimate of drug-likeness (QED) is 0.648. The maximum Gasteiger partial charge on any atom is 0.416 e. The highest BCUT2D eigenvalue weighted by Gasteiger charge is 2.33. The fourth-order valence-electron chi connectivity index (χ4n) is 4.48. The number of benzene rings is 2. The first-order valence-corrected chi connectivity index (χ1v) is 10.1. The van der Waals surface area contributed by atoms with Crippen LogP contribution in [0.1, 0.15) is 48.5 Å². The van der Waals surface area contributed by atoms with Gasteiger partial charge in [-0.1, -0.05) is 30.7 Å². The normalized spacial score (nSPS) is 23.2. The van der Waals surface area contributed by atoms with Gasteiger partial charge in [0.25, 0.3) is 0 Å². The second-order valence-electron chi connectivity index (χ2n) is 7.92. The van der Waals surface area contributed by atoms with Crippen molar-refractivity contribution >= 4 is 0 Å². The summed E-state index contributed by atoms with van der Waals surface area (Å²) in [6, 6.07) is 13.4. The highest BCUT2D eigenvalue weighted by atomic mass is 19.4. The zero-order valence-corrected chi connectivity index (χ0v) is 15.9. The molecule has 2 atom stereocenters. The van der Waals surface area contributed by atoms with Crippen molar-refractivity contribution in [1.29, 1.82) is 0 Å². The highest BCUT2D eigenvalue weighted by Crippen LogP contribution is 2.39. The molecule has 0 amide bonds. The van der Waals surface area contributed by atoms with Gasteiger partial charge in [0, 0.05) is 12.5 Å². The average molecular weight is 389 g/mol. The molecule has 0 saturated carbocycles. The summed E-state index contributed by atoms with van der Waals surface area (Å²) in [7, 11) is 0. The van der Waals surface area contributed by atoms with Crippen LogP contribution in [0.25, 0.3) is 0 Å². The number of aryl methyl sites for hydroxylation is 1. The van der Waals surface area contributed by atoms with Crippen LogP contribution in [0.3, 0.4) is 0 Å². The summed E-state index contributed by atoms with van der Waals surface area (Å²) in [5.41, 5.74) is 1.82. The molecule has 2 aliphatic rings. The Bertz CT molecular complexity index is 781. The van der Waals surface area contributed by atoms with Crippen LogP contribution in [0.2, 0.25) is 0 Å². The lowest BCUT2D eigenvalue weighted by atomic mass is 9.80. The van der Waals surface area contributed by atoms with E-state index in [1.165, 1.54) is 42.5 Å². The number of fused-ring (bicyclic) bond motifs is 1. The van der Waals surface area contributed by atoms with Gasteiger partial charge in [-0.2, -0.15) is 13.2 Å². The predicted octanol–water partition coefficient (Wildman–Crippen LogP) is 5.87. The van der Waals surface area contributed by atoms with Gasteiger partial charge in [-0.25, -0.2) is 0 Å². The minimum atomic E-state index is -4.33. The van der Waals surface area contributed by atoms with Gasteiger partial charge in [-0.05, 0) is 74.2 Å². The van der Waals surface area contributed by atoms with Crippen molar-refractivity contribution in [3.05, 3.63) is 65.2 Å². The third kappa shape index (κ3) is 4.35. The molecule has 0 N–H and O–H groups in total. The number of alkyl halides is 3. The Kier molecular flexibility index (Phi) is 5.63. The summed E-state index contributed by atoms with van der Waals surface area (Å²) >= 11 is 0. The SMILES string of the molecule is FC(F)(F)c1ccc(OC2c3ccccc3CCC2CN2CCCCC2)cc1. The molecule has 2 aromatic carbocycles. The summed E-state index contributed by atoms with van der Waals surface area (Å²) in [4.78, 5) is 2.52. The Balaban J connectivity index is 1.56. The first-order chi connectivity index (χ1) is 13.5. The maximum absolute atomic E-state index is 12.9. The van der Waals surface area contributed by atoms with E-state index in [4.69, 9.17) is 4.74 Å². The summed E-state index contributed by atoms with van der Waals surface area (Å²) in [6.07, 6.45) is 1.41. The molecule has 1 fully saturated rings. The summed E-state index contributed by atoms with van der Waals surface area (Å²) < 4.78 is 44.9. The summed E-state index contributed by atoms with van der Waals surface area (Å²) in [5.74, 6) is 0.841. The number of hydrogen-bond donors (Lipinski definition) is 0. The van der Waals surface area contributed by atoms with Crippen LogP contribution < -0.4 is 4.74 Å². The molecule has 2 nitrogen and oxygen atoms in total. The number of piperidine rings is 1. The van der Waals surface area contributed by atoms with Crippen LogP contribution in [0, 0.1) is 5.92 Å². The molecule has 0 spiro atoms. The van der Waals surface area contributed by atoms with Crippen molar-refractivity contribution in [3.8, 4) is 5.75 Å². The van der Waals surface area contributed by atoms with Crippen LogP contribution in [-0.2, 0) is 12.6 Å². The largest absolute Gasteiger partial charge is 0.485 e. The summed E-state index contributed by atoms with van der Waals surface area (Å²) in [5, 5.41) is 0. The van der Waals surface area contributed by atoms with Gasteiger partial charge in [-0.15, -0.1) is 0 Å². The Hall–Kier alpha value is -2.01. The smallest absolute Gasteiger partial charge is 0.416 e. The van der Waals surface area contributed by atoms with Crippen LogP contribution in [0.5, 0.6) is 5.75 Å². The fraction of sp³-hybridized carbons (Fsp3) is 0.478. The molecule has 1 heterocycles. The zero-order chi connectivity index (χ0) is 19.6. The van der Waals surface area contributed by atoms with Gasteiger partial charge in [0.1, 0.15) is 11.9 Å². The predicted molar refractivity (Wildman–Crippen MR) is 103 cm³/mol. The molecule has 0 bridgehead atoms. The van der Waals surface area contributed by atoms with E-state index in [1.54, 1.807) is 0 Å². The van der Waals surface area contributed by atoms with E-state index in [0.29, 0.717) is 11.7 Å². The summed E-state index contributed by atoms with van der Waals surface area (Å²) in [6.45, 7) is 3.25. The van der Waals surface area contributed by atoms with Crippen LogP contribution >= 0.6 is 0 Å². The number of likely N-dealkylation sites (tertiary alicyclic amines) is 1. The molecular formula is C23H26F3NO. The van der Waals surface area contributed by atoms with Crippen molar-refractivity contribution in [2.75, 3.05) is 19.6 Å². The van der Waals surface area contributed by atoms with Gasteiger partial charge in [0.05, 0.1) is 5.56 Å². The van der Waals surface area contributed by atoms with Gasteiger partial charge >= 0.3 is 6.18 Å². The third-order valence-corrected chi connectivity index (χ3v) is 5.96. The van der Waals surface area contributed by atoms with E-state index in [1.807, 2.05) is 12.1 Å². The Morgan fingerprint density at radius 1 is 0.929 bits per heavy atom. The lowest BCUT2D eigenvalue weighted by Gasteiger charge is -2.38. The minimum absolute atomic E-state index is 0.122. The monoisotopic (exact) mass is 389 g/mol. The fourth-order valence-corrected chi connectivity index (χ4v) is 4.48. The van der Waals surface area contributed by atoms with E-state index in [0.717, 1.165) is 44.6 Å². The molecule has 2 aromatic rings. The number of rotatable bonds is 4. The van der Waals surface area contributed by atoms with Gasteiger partial charge in [0.2, 0.25) is 0 Å². The van der Waals surface area contributed by atoms with E-state index in [9.17, 15) is 13.2 Å². The lowest BCUT2D eigenvalue weighted by Crippen LogP contribution is -2.39. The van der Waals surface area contributed by atoms with Crippen molar-refractivity contribution in [2.45, 2.75) is 44.4 Å². The molecule has 5 heteroatoms. The third-order valence-electron chi connectivity index (χ3n) is 5.96. The van der Waals surface area contributed by atoms with E-state index in [-0.39, 0.29) is 6.10 Å². The molecule has 1 saturated heterocycles. The van der Waals surface area contributed by atoms with E-state index >= 15 is 0 Å². The molecule has 0 aromatic heterocycles. The Labute approximate surface area is 164 Å². The Morgan fingerprint density at radius 3 is 2.36 bits per heavy atom. The molecular weight excluding hydrogens is 363 g/mol. The first kappa shape index (κ1) is 19.3. The highest BCUT2D eigenvalue weighted by molar-refractivity contribution is 5.35. The van der Waals surface area contributed by atoms with Crippen LogP contribution in [-0.4, -0.2) is 24.5 Å². The zero-order valence-electron chi connectivity index (χ0n) is 15.9. The van der Waals surface area contributed by atoms with Crippen molar-refractivity contribution in [2.24, 2.45) is 5.92 Å². The minimum Gasteiger partial charge on any atom is -0.485 e.